The van der Waals surface area contributed by atoms with Gasteiger partial charge in [0, 0.05) is 56.6 Å². The number of aliphatic imine (C=N–C) groups is 1. The smallest absolute Gasteiger partial charge is 0.251 e. The molecule has 0 atom stereocenters. The second-order valence-corrected chi connectivity index (χ2v) is 9.51. The van der Waals surface area contributed by atoms with E-state index in [0.29, 0.717) is 12.1 Å². The SMILES string of the molecule is C=Nc1[nH]cc(CCc2ccc(CNC(=O)c3ccc(CN4CCN(C)CC4)cc3)cc2)c1/C=C\C. The van der Waals surface area contributed by atoms with Crippen molar-refractivity contribution >= 4 is 24.5 Å². The molecule has 0 bridgehead atoms. The lowest BCUT2D eigenvalue weighted by molar-refractivity contribution is 0.0951. The summed E-state index contributed by atoms with van der Waals surface area (Å²) in [6.45, 7) is 11.5. The van der Waals surface area contributed by atoms with Gasteiger partial charge in [-0.2, -0.15) is 0 Å². The first kappa shape index (κ1) is 25.6. The first-order chi connectivity index (χ1) is 17.6. The van der Waals surface area contributed by atoms with Crippen molar-refractivity contribution in [2.45, 2.75) is 32.9 Å². The number of hydrogen-bond donors (Lipinski definition) is 2. The maximum absolute atomic E-state index is 12.6. The molecular weight excluding hydrogens is 446 g/mol. The molecule has 3 aromatic rings. The Balaban J connectivity index is 1.24. The van der Waals surface area contributed by atoms with Crippen LogP contribution in [-0.4, -0.2) is 60.6 Å². The van der Waals surface area contributed by atoms with Gasteiger partial charge in [0.25, 0.3) is 5.91 Å². The van der Waals surface area contributed by atoms with Crippen LogP contribution < -0.4 is 5.32 Å². The second kappa shape index (κ2) is 12.5. The molecule has 188 valence electrons. The normalized spacial score (nSPS) is 14.8. The largest absolute Gasteiger partial charge is 0.348 e. The molecule has 4 rings (SSSR count). The number of piperazine rings is 1. The Morgan fingerprint density at radius 1 is 1.00 bits per heavy atom. The zero-order chi connectivity index (χ0) is 25.3. The van der Waals surface area contributed by atoms with Gasteiger partial charge in [0.05, 0.1) is 0 Å². The summed E-state index contributed by atoms with van der Waals surface area (Å²) >= 11 is 0. The molecular formula is C30H37N5O. The molecule has 36 heavy (non-hydrogen) atoms. The Kier molecular flexibility index (Phi) is 8.87. The van der Waals surface area contributed by atoms with E-state index in [1.807, 2.05) is 31.3 Å². The van der Waals surface area contributed by atoms with Crippen molar-refractivity contribution < 1.29 is 4.79 Å². The van der Waals surface area contributed by atoms with Crippen LogP contribution in [0.2, 0.25) is 0 Å². The third-order valence-electron chi connectivity index (χ3n) is 6.85. The van der Waals surface area contributed by atoms with Crippen LogP contribution in [0.4, 0.5) is 5.82 Å². The molecule has 0 spiro atoms. The van der Waals surface area contributed by atoms with Gasteiger partial charge >= 0.3 is 0 Å². The summed E-state index contributed by atoms with van der Waals surface area (Å²) in [5.74, 6) is 0.777. The van der Waals surface area contributed by atoms with E-state index in [4.69, 9.17) is 0 Å². The Bertz CT molecular complexity index is 1170. The molecule has 1 saturated heterocycles. The fourth-order valence-corrected chi connectivity index (χ4v) is 4.57. The van der Waals surface area contributed by atoms with Gasteiger partial charge < -0.3 is 15.2 Å². The lowest BCUT2D eigenvalue weighted by Crippen LogP contribution is -2.43. The number of H-pyrrole nitrogens is 1. The quantitative estimate of drug-likeness (QED) is 0.406. The van der Waals surface area contributed by atoms with Crippen molar-refractivity contribution in [2.24, 2.45) is 4.99 Å². The van der Waals surface area contributed by atoms with Crippen molar-refractivity contribution in [3.63, 3.8) is 0 Å². The fraction of sp³-hybridized carbons (Fsp3) is 0.333. The van der Waals surface area contributed by atoms with Gasteiger partial charge in [-0.1, -0.05) is 48.6 Å². The maximum atomic E-state index is 12.6. The molecule has 2 aromatic carbocycles. The van der Waals surface area contributed by atoms with E-state index in [2.05, 4.69) is 81.3 Å². The predicted octanol–water partition coefficient (Wildman–Crippen LogP) is 4.84. The van der Waals surface area contributed by atoms with Crippen molar-refractivity contribution in [2.75, 3.05) is 33.2 Å². The monoisotopic (exact) mass is 483 g/mol. The van der Waals surface area contributed by atoms with Gasteiger partial charge in [0.15, 0.2) is 0 Å². The van der Waals surface area contributed by atoms with Crippen LogP contribution >= 0.6 is 0 Å². The minimum atomic E-state index is -0.0409. The number of carbonyl (C=O) groups is 1. The zero-order valence-electron chi connectivity index (χ0n) is 21.5. The number of nitrogens with one attached hydrogen (secondary N) is 2. The van der Waals surface area contributed by atoms with Crippen molar-refractivity contribution in [3.8, 4) is 0 Å². The number of hydrogen-bond acceptors (Lipinski definition) is 4. The number of aryl methyl sites for hydroxylation is 2. The molecule has 6 nitrogen and oxygen atoms in total. The Labute approximate surface area is 214 Å². The number of aromatic nitrogens is 1. The average Bonchev–Trinajstić information content (AvgIpc) is 3.30. The summed E-state index contributed by atoms with van der Waals surface area (Å²) in [7, 11) is 2.17. The van der Waals surface area contributed by atoms with Crippen LogP contribution in [0.1, 0.15) is 45.1 Å². The summed E-state index contributed by atoms with van der Waals surface area (Å²) in [5, 5.41) is 3.05. The van der Waals surface area contributed by atoms with Gasteiger partial charge in [-0.15, -0.1) is 0 Å². The van der Waals surface area contributed by atoms with Gasteiger partial charge in [0.1, 0.15) is 5.82 Å². The Morgan fingerprint density at radius 3 is 2.33 bits per heavy atom. The third kappa shape index (κ3) is 6.80. The highest BCUT2D eigenvalue weighted by atomic mass is 16.1. The Morgan fingerprint density at radius 2 is 1.67 bits per heavy atom. The fourth-order valence-electron chi connectivity index (χ4n) is 4.57. The molecule has 1 fully saturated rings. The van der Waals surface area contributed by atoms with E-state index in [1.54, 1.807) is 0 Å². The number of rotatable bonds is 10. The number of allylic oxidation sites excluding steroid dienone is 1. The molecule has 0 radical (unpaired) electrons. The van der Waals surface area contributed by atoms with Gasteiger partial charge in [-0.3, -0.25) is 9.69 Å². The van der Waals surface area contributed by atoms with E-state index in [1.165, 1.54) is 16.7 Å². The van der Waals surface area contributed by atoms with Gasteiger partial charge in [0.2, 0.25) is 0 Å². The molecule has 1 amide bonds. The van der Waals surface area contributed by atoms with Crippen LogP contribution in [-0.2, 0) is 25.9 Å². The van der Waals surface area contributed by atoms with Crippen molar-refractivity contribution in [1.82, 2.24) is 20.1 Å². The highest BCUT2D eigenvalue weighted by Crippen LogP contribution is 2.24. The minimum Gasteiger partial charge on any atom is -0.348 e. The zero-order valence-corrected chi connectivity index (χ0v) is 21.5. The molecule has 1 aliphatic heterocycles. The number of amides is 1. The number of benzene rings is 2. The number of aromatic amines is 1. The summed E-state index contributed by atoms with van der Waals surface area (Å²) in [5.41, 5.74) is 6.65. The van der Waals surface area contributed by atoms with E-state index in [0.717, 1.165) is 62.5 Å². The lowest BCUT2D eigenvalue weighted by atomic mass is 10.0. The van der Waals surface area contributed by atoms with Crippen LogP contribution in [0.25, 0.3) is 6.08 Å². The van der Waals surface area contributed by atoms with Crippen molar-refractivity contribution in [3.05, 3.63) is 94.2 Å². The molecule has 0 saturated carbocycles. The summed E-state index contributed by atoms with van der Waals surface area (Å²) in [4.78, 5) is 24.7. The van der Waals surface area contributed by atoms with Gasteiger partial charge in [-0.25, -0.2) is 4.99 Å². The van der Waals surface area contributed by atoms with Crippen LogP contribution in [0.15, 0.2) is 65.8 Å². The average molecular weight is 484 g/mol. The standard InChI is InChI=1S/C30H37N5O/c1-4-5-28-27(21-32-29(28)31-2)15-10-23-6-8-24(9-7-23)20-33-30(36)26-13-11-25(12-14-26)22-35-18-16-34(3)17-19-35/h4-9,11-14,21,32H,2,10,15-20,22H2,1,3H3,(H,33,36)/b5-4-. The van der Waals surface area contributed by atoms with E-state index in [9.17, 15) is 4.79 Å². The number of likely N-dealkylation sites (N-methyl/N-ethyl adjacent to an activating group) is 1. The predicted molar refractivity (Wildman–Crippen MR) is 149 cm³/mol. The summed E-state index contributed by atoms with van der Waals surface area (Å²) in [6, 6.07) is 16.5. The molecule has 2 heterocycles. The highest BCUT2D eigenvalue weighted by molar-refractivity contribution is 5.94. The number of nitrogens with zero attached hydrogens (tertiary/aromatic N) is 3. The van der Waals surface area contributed by atoms with E-state index >= 15 is 0 Å². The van der Waals surface area contributed by atoms with E-state index < -0.39 is 0 Å². The van der Waals surface area contributed by atoms with Crippen LogP contribution in [0.5, 0.6) is 0 Å². The second-order valence-electron chi connectivity index (χ2n) is 9.51. The van der Waals surface area contributed by atoms with Crippen LogP contribution in [0.3, 0.4) is 0 Å². The molecule has 2 N–H and O–H groups in total. The molecule has 1 aromatic heterocycles. The first-order valence-electron chi connectivity index (χ1n) is 12.7. The maximum Gasteiger partial charge on any atom is 0.251 e. The molecule has 0 unspecified atom stereocenters. The minimum absolute atomic E-state index is 0.0409. The van der Waals surface area contributed by atoms with E-state index in [-0.39, 0.29) is 5.91 Å². The highest BCUT2D eigenvalue weighted by Gasteiger charge is 2.14. The first-order valence-corrected chi connectivity index (χ1v) is 12.7. The Hall–Kier alpha value is -3.48. The van der Waals surface area contributed by atoms with Crippen LogP contribution in [0, 0.1) is 0 Å². The molecule has 1 aliphatic rings. The summed E-state index contributed by atoms with van der Waals surface area (Å²) < 4.78 is 0. The molecule has 6 heteroatoms. The lowest BCUT2D eigenvalue weighted by Gasteiger charge is -2.32. The molecule has 0 aliphatic carbocycles. The van der Waals surface area contributed by atoms with Gasteiger partial charge in [-0.05, 0) is 67.9 Å². The third-order valence-corrected chi connectivity index (χ3v) is 6.85. The topological polar surface area (TPSA) is 63.7 Å². The summed E-state index contributed by atoms with van der Waals surface area (Å²) in [6.07, 6.45) is 7.97. The van der Waals surface area contributed by atoms with Crippen molar-refractivity contribution in [1.29, 1.82) is 0 Å². The number of carbonyl (C=O) groups excluding carboxylic acids is 1.